The Morgan fingerprint density at radius 1 is 0.554 bits per heavy atom. The van der Waals surface area contributed by atoms with Crippen molar-refractivity contribution in [1.82, 2.24) is 5.32 Å². The number of nitrogens with one attached hydrogen (secondary N) is 2. The number of rotatable bonds is 10. The van der Waals surface area contributed by atoms with Gasteiger partial charge in [0.2, 0.25) is 0 Å². The van der Waals surface area contributed by atoms with E-state index in [-0.39, 0.29) is 5.41 Å². The highest BCUT2D eigenvalue weighted by atomic mass is 14.9. The van der Waals surface area contributed by atoms with E-state index in [1.54, 1.807) is 0 Å². The Kier molecular flexibility index (Phi) is 9.25. The monoisotopic (exact) mass is 720 g/mol. The van der Waals surface area contributed by atoms with Crippen LogP contribution in [-0.2, 0) is 12.0 Å². The molecule has 0 fully saturated rings. The Hall–Kier alpha value is -6.77. The summed E-state index contributed by atoms with van der Waals surface area (Å²) in [5, 5.41) is 12.4. The van der Waals surface area contributed by atoms with Crippen LogP contribution in [-0.4, -0.2) is 5.71 Å². The zero-order chi connectivity index (χ0) is 38.1. The largest absolute Gasteiger partial charge is 0.380 e. The highest BCUT2D eigenvalue weighted by Gasteiger charge is 2.52. The summed E-state index contributed by atoms with van der Waals surface area (Å²) in [5.41, 5.74) is 20.1. The first-order chi connectivity index (χ1) is 27.6. The van der Waals surface area contributed by atoms with Crippen molar-refractivity contribution in [2.45, 2.75) is 32.2 Å². The van der Waals surface area contributed by atoms with E-state index in [9.17, 15) is 0 Å². The van der Waals surface area contributed by atoms with Crippen LogP contribution in [0.15, 0.2) is 200 Å². The highest BCUT2D eigenvalue weighted by Crippen LogP contribution is 2.63. The van der Waals surface area contributed by atoms with E-state index in [2.05, 4.69) is 159 Å². The van der Waals surface area contributed by atoms with Crippen molar-refractivity contribution in [2.24, 2.45) is 0 Å². The van der Waals surface area contributed by atoms with Crippen LogP contribution in [0.2, 0.25) is 0 Å². The van der Waals surface area contributed by atoms with E-state index >= 15 is 0 Å². The molecular weight excluding hydrogens is 677 g/mol. The lowest BCUT2D eigenvalue weighted by Gasteiger charge is -2.31. The maximum atomic E-state index is 8.74. The lowest BCUT2D eigenvalue weighted by Crippen LogP contribution is -2.26. The van der Waals surface area contributed by atoms with Gasteiger partial charge in [-0.1, -0.05) is 195 Å². The smallest absolute Gasteiger partial charge is 0.0722 e. The number of hydrogen-bond donors (Lipinski definition) is 2. The van der Waals surface area contributed by atoms with E-state index < -0.39 is 0 Å². The van der Waals surface area contributed by atoms with Gasteiger partial charge in [-0.3, -0.25) is 0 Å². The first-order valence-corrected chi connectivity index (χ1v) is 19.7. The van der Waals surface area contributed by atoms with E-state index in [0.29, 0.717) is 12.3 Å². The minimum Gasteiger partial charge on any atom is -0.380 e. The van der Waals surface area contributed by atoms with Crippen molar-refractivity contribution in [3.05, 3.63) is 239 Å². The van der Waals surface area contributed by atoms with Crippen LogP contribution < -0.4 is 5.32 Å². The molecule has 0 bridgehead atoms. The van der Waals surface area contributed by atoms with Crippen LogP contribution in [0.5, 0.6) is 0 Å². The Morgan fingerprint density at radius 2 is 1.09 bits per heavy atom. The van der Waals surface area contributed by atoms with E-state index in [4.69, 9.17) is 5.41 Å². The summed E-state index contributed by atoms with van der Waals surface area (Å²) >= 11 is 0. The van der Waals surface area contributed by atoms with Gasteiger partial charge in [-0.25, -0.2) is 0 Å². The van der Waals surface area contributed by atoms with E-state index in [1.165, 1.54) is 72.3 Å². The molecular formula is C54H44N2. The number of fused-ring (bicyclic) bond motifs is 7. The second-order valence-corrected chi connectivity index (χ2v) is 14.6. The Labute approximate surface area is 330 Å². The minimum atomic E-state index is -0.339. The predicted octanol–water partition coefficient (Wildman–Crippen LogP) is 13.3. The standard InChI is InChI=1S/C54H44N2/c1-3-16-47-43(4-2)45-21-11-13-24-48(45)54(47)49-25-14-12-22-46(49)53-44(23-15-26-50(53)54)40-33-31-39(32-34-40)38-29-27-37(28-30-38)36-56-52(42-19-9-6-10-20-42)35-51(55)41-17-7-5-8-18-41/h3,5-35,55-56H,4,36H2,1-2H3/b16-3-,52-35-,55-51?. The molecule has 1 unspecified atom stereocenters. The summed E-state index contributed by atoms with van der Waals surface area (Å²) in [7, 11) is 0. The van der Waals surface area contributed by atoms with Crippen molar-refractivity contribution in [3.63, 3.8) is 0 Å². The third-order valence-corrected chi connectivity index (χ3v) is 11.6. The fraction of sp³-hybridized carbons (Fsp3) is 0.0926. The van der Waals surface area contributed by atoms with Crippen LogP contribution >= 0.6 is 0 Å². The van der Waals surface area contributed by atoms with Crippen LogP contribution in [0.3, 0.4) is 0 Å². The van der Waals surface area contributed by atoms with Gasteiger partial charge in [-0.15, -0.1) is 0 Å². The quantitative estimate of drug-likeness (QED) is 0.136. The Morgan fingerprint density at radius 3 is 1.75 bits per heavy atom. The molecule has 56 heavy (non-hydrogen) atoms. The molecule has 2 N–H and O–H groups in total. The van der Waals surface area contributed by atoms with Gasteiger partial charge in [0.25, 0.3) is 0 Å². The van der Waals surface area contributed by atoms with Crippen LogP contribution in [0.25, 0.3) is 44.7 Å². The third-order valence-electron chi connectivity index (χ3n) is 11.6. The van der Waals surface area contributed by atoms with Gasteiger partial charge in [0.1, 0.15) is 0 Å². The molecule has 1 atom stereocenters. The van der Waals surface area contributed by atoms with Gasteiger partial charge in [0.05, 0.1) is 11.1 Å². The van der Waals surface area contributed by atoms with Crippen LogP contribution in [0.4, 0.5) is 0 Å². The SMILES string of the molecule is C/C=C\C1=C(CC)c2ccccc2C12c1ccccc1-c1c(-c3ccc(-c4ccc(CN/C(=C\C(=N)c5ccccc5)c5ccccc5)cc4)cc3)cccc12. The second-order valence-electron chi connectivity index (χ2n) is 14.6. The molecule has 270 valence electrons. The molecule has 1 spiro atoms. The lowest BCUT2D eigenvalue weighted by molar-refractivity contribution is 0.785. The molecule has 0 heterocycles. The topological polar surface area (TPSA) is 35.9 Å². The fourth-order valence-corrected chi connectivity index (χ4v) is 9.07. The second kappa shape index (κ2) is 14.8. The third kappa shape index (κ3) is 5.86. The van der Waals surface area contributed by atoms with Gasteiger partial charge >= 0.3 is 0 Å². The fourth-order valence-electron chi connectivity index (χ4n) is 9.07. The zero-order valence-electron chi connectivity index (χ0n) is 31.9. The van der Waals surface area contributed by atoms with Crippen molar-refractivity contribution >= 4 is 17.0 Å². The molecule has 7 aromatic carbocycles. The predicted molar refractivity (Wildman–Crippen MR) is 236 cm³/mol. The van der Waals surface area contributed by atoms with Gasteiger partial charge in [-0.05, 0) is 103 Å². The maximum absolute atomic E-state index is 8.74. The summed E-state index contributed by atoms with van der Waals surface area (Å²) in [4.78, 5) is 0. The molecule has 9 rings (SSSR count). The molecule has 0 radical (unpaired) electrons. The molecule has 0 amide bonds. The highest BCUT2D eigenvalue weighted by molar-refractivity contribution is 6.10. The Balaban J connectivity index is 1.01. The average Bonchev–Trinajstić information content (AvgIpc) is 3.72. The first kappa shape index (κ1) is 35.0. The van der Waals surface area contributed by atoms with Crippen LogP contribution in [0, 0.1) is 5.41 Å². The van der Waals surface area contributed by atoms with Crippen molar-refractivity contribution in [2.75, 3.05) is 0 Å². The minimum absolute atomic E-state index is 0.339. The average molecular weight is 721 g/mol. The molecule has 7 aromatic rings. The molecule has 0 saturated heterocycles. The Bertz CT molecular complexity index is 2660. The molecule has 2 aliphatic carbocycles. The molecule has 2 heteroatoms. The number of allylic oxidation sites excluding steroid dienone is 5. The van der Waals surface area contributed by atoms with Gasteiger partial charge in [-0.2, -0.15) is 0 Å². The molecule has 0 aromatic heterocycles. The number of hydrogen-bond acceptors (Lipinski definition) is 2. The normalized spacial score (nSPS) is 15.6. The lowest BCUT2D eigenvalue weighted by atomic mass is 9.69. The summed E-state index contributed by atoms with van der Waals surface area (Å²) in [6, 6.07) is 63.1. The van der Waals surface area contributed by atoms with Gasteiger partial charge in [0, 0.05) is 12.2 Å². The van der Waals surface area contributed by atoms with E-state index in [1.807, 2.05) is 54.6 Å². The summed E-state index contributed by atoms with van der Waals surface area (Å²) in [6.45, 7) is 5.08. The summed E-state index contributed by atoms with van der Waals surface area (Å²) < 4.78 is 0. The first-order valence-electron chi connectivity index (χ1n) is 19.7. The number of benzene rings is 7. The summed E-state index contributed by atoms with van der Waals surface area (Å²) in [6.07, 6.45) is 7.49. The van der Waals surface area contributed by atoms with Gasteiger partial charge in [0.15, 0.2) is 0 Å². The summed E-state index contributed by atoms with van der Waals surface area (Å²) in [5.74, 6) is 0. The molecule has 0 aliphatic heterocycles. The zero-order valence-corrected chi connectivity index (χ0v) is 31.9. The molecule has 2 aliphatic rings. The molecule has 2 nitrogen and oxygen atoms in total. The van der Waals surface area contributed by atoms with Crippen LogP contribution in [0.1, 0.15) is 59.2 Å². The maximum Gasteiger partial charge on any atom is 0.0722 e. The van der Waals surface area contributed by atoms with Gasteiger partial charge < -0.3 is 10.7 Å². The van der Waals surface area contributed by atoms with E-state index in [0.717, 1.165) is 23.2 Å². The van der Waals surface area contributed by atoms with Crippen molar-refractivity contribution < 1.29 is 0 Å². The van der Waals surface area contributed by atoms with Crippen molar-refractivity contribution in [1.29, 1.82) is 5.41 Å². The molecule has 0 saturated carbocycles. The van der Waals surface area contributed by atoms with Crippen molar-refractivity contribution in [3.8, 4) is 33.4 Å².